The predicted octanol–water partition coefficient (Wildman–Crippen LogP) is 5.38. The van der Waals surface area contributed by atoms with Gasteiger partial charge < -0.3 is 9.47 Å². The van der Waals surface area contributed by atoms with Crippen LogP contribution in [0.15, 0.2) is 47.5 Å². The number of carbonyl (C=O) groups is 1. The molecule has 0 amide bonds. The van der Waals surface area contributed by atoms with E-state index < -0.39 is 5.41 Å². The Morgan fingerprint density at radius 3 is 2.85 bits per heavy atom. The highest BCUT2D eigenvalue weighted by Crippen LogP contribution is 2.39. The van der Waals surface area contributed by atoms with Gasteiger partial charge in [0.1, 0.15) is 11.9 Å². The van der Waals surface area contributed by atoms with Gasteiger partial charge in [0, 0.05) is 48.1 Å². The molecule has 0 bridgehead atoms. The normalized spacial score (nSPS) is 18.5. The second kappa shape index (κ2) is 10.3. The van der Waals surface area contributed by atoms with Crippen LogP contribution in [0.1, 0.15) is 44.7 Å². The summed E-state index contributed by atoms with van der Waals surface area (Å²) in [6.45, 7) is 7.81. The van der Waals surface area contributed by atoms with Gasteiger partial charge in [-0.05, 0) is 69.0 Å². The second-order valence-corrected chi connectivity index (χ2v) is 10.5. The minimum absolute atomic E-state index is 0.100. The maximum Gasteiger partial charge on any atom is 0.316 e. The highest BCUT2D eigenvalue weighted by atomic mass is 32.2. The third kappa shape index (κ3) is 5.95. The van der Waals surface area contributed by atoms with Gasteiger partial charge in [-0.15, -0.1) is 11.8 Å². The van der Waals surface area contributed by atoms with E-state index in [1.54, 1.807) is 11.8 Å². The van der Waals surface area contributed by atoms with Gasteiger partial charge in [0.05, 0.1) is 12.1 Å². The number of fused-ring (bicyclic) bond motifs is 1. The first-order chi connectivity index (χ1) is 15.8. The Hall–Kier alpha value is -2.38. The van der Waals surface area contributed by atoms with Crippen molar-refractivity contribution in [2.45, 2.75) is 44.6 Å². The number of esters is 1. The third-order valence-electron chi connectivity index (χ3n) is 5.76. The van der Waals surface area contributed by atoms with Crippen molar-refractivity contribution in [2.24, 2.45) is 5.41 Å². The summed E-state index contributed by atoms with van der Waals surface area (Å²) in [4.78, 5) is 20.1. The lowest BCUT2D eigenvalue weighted by molar-refractivity contribution is -0.143. The molecule has 176 valence electrons. The molecular weight excluding hydrogens is 439 g/mol. The first-order valence-electron chi connectivity index (χ1n) is 11.4. The van der Waals surface area contributed by atoms with E-state index in [1.165, 1.54) is 0 Å². The zero-order valence-electron chi connectivity index (χ0n) is 19.5. The van der Waals surface area contributed by atoms with Gasteiger partial charge >= 0.3 is 5.97 Å². The number of halogens is 1. The minimum Gasteiger partial charge on any atom is -0.473 e. The third-order valence-corrected chi connectivity index (χ3v) is 6.75. The fourth-order valence-corrected chi connectivity index (χ4v) is 4.89. The summed E-state index contributed by atoms with van der Waals surface area (Å²) in [5, 5.41) is 0. The molecule has 7 heteroatoms. The van der Waals surface area contributed by atoms with Gasteiger partial charge in [-0.2, -0.15) is 0 Å². The Bertz CT molecular complexity index is 1020. The van der Waals surface area contributed by atoms with Crippen LogP contribution in [0, 0.1) is 5.41 Å². The molecule has 2 aliphatic rings. The Morgan fingerprint density at radius 1 is 1.27 bits per heavy atom. The average Bonchev–Trinajstić information content (AvgIpc) is 3.24. The molecule has 4 rings (SSSR count). The van der Waals surface area contributed by atoms with Crippen molar-refractivity contribution >= 4 is 23.3 Å². The monoisotopic (exact) mass is 470 g/mol. The van der Waals surface area contributed by atoms with Crippen LogP contribution in [0.2, 0.25) is 0 Å². The molecule has 0 saturated carbocycles. The molecule has 0 N–H and O–H groups in total. The van der Waals surface area contributed by atoms with Crippen molar-refractivity contribution in [3.63, 3.8) is 0 Å². The largest absolute Gasteiger partial charge is 0.473 e. The van der Waals surface area contributed by atoms with E-state index in [2.05, 4.69) is 16.0 Å². The molecule has 33 heavy (non-hydrogen) atoms. The number of hydrogen-bond acceptors (Lipinski definition) is 6. The summed E-state index contributed by atoms with van der Waals surface area (Å²) >= 11 is 1.73. The molecule has 1 unspecified atom stereocenters. The Labute approximate surface area is 199 Å². The van der Waals surface area contributed by atoms with Gasteiger partial charge in [0.2, 0.25) is 5.88 Å². The standard InChI is InChI=1S/C26H31FN2O3S/c1-26(2,3)25(30)32-19-6-7-22-21(10-14-33-23(22)15-19)18-5-8-24(28-16-18)31-20-9-13-29(17-20)12-4-11-27/h5-8,10,15-16,20H,4,9,11-14,17H2,1-3H3. The van der Waals surface area contributed by atoms with Crippen LogP contribution in [-0.4, -0.2) is 54.0 Å². The van der Waals surface area contributed by atoms with Gasteiger partial charge in [-0.1, -0.05) is 6.08 Å². The number of carbonyl (C=O) groups excluding carboxylic acids is 1. The van der Waals surface area contributed by atoms with E-state index in [4.69, 9.17) is 9.47 Å². The Kier molecular flexibility index (Phi) is 7.39. The molecule has 0 aliphatic carbocycles. The molecule has 0 radical (unpaired) electrons. The highest BCUT2D eigenvalue weighted by molar-refractivity contribution is 7.99. The van der Waals surface area contributed by atoms with Crippen molar-refractivity contribution in [3.05, 3.63) is 53.7 Å². The number of alkyl halides is 1. The number of ether oxygens (including phenoxy) is 2. The van der Waals surface area contributed by atoms with E-state index >= 15 is 0 Å². The molecule has 3 heterocycles. The SMILES string of the molecule is CC(C)(C)C(=O)Oc1ccc2c(c1)SCC=C2c1ccc(OC2CCN(CCCF)C2)nc1. The zero-order chi connectivity index (χ0) is 23.4. The summed E-state index contributed by atoms with van der Waals surface area (Å²) in [5.41, 5.74) is 2.71. The van der Waals surface area contributed by atoms with E-state index in [1.807, 2.05) is 57.3 Å². The van der Waals surface area contributed by atoms with Crippen LogP contribution in [0.5, 0.6) is 11.6 Å². The molecule has 2 aromatic rings. The van der Waals surface area contributed by atoms with E-state index in [0.29, 0.717) is 18.1 Å². The van der Waals surface area contributed by atoms with E-state index in [0.717, 1.165) is 53.4 Å². The molecule has 2 aliphatic heterocycles. The van der Waals surface area contributed by atoms with Crippen molar-refractivity contribution in [1.82, 2.24) is 9.88 Å². The fraction of sp³-hybridized carbons (Fsp3) is 0.462. The van der Waals surface area contributed by atoms with Crippen molar-refractivity contribution in [3.8, 4) is 11.6 Å². The highest BCUT2D eigenvalue weighted by Gasteiger charge is 2.25. The van der Waals surface area contributed by atoms with E-state index in [-0.39, 0.29) is 18.7 Å². The van der Waals surface area contributed by atoms with Gasteiger partial charge in [0.25, 0.3) is 0 Å². The van der Waals surface area contributed by atoms with Crippen LogP contribution in [0.3, 0.4) is 0 Å². The van der Waals surface area contributed by atoms with Crippen LogP contribution in [0.25, 0.3) is 5.57 Å². The zero-order valence-corrected chi connectivity index (χ0v) is 20.3. The van der Waals surface area contributed by atoms with E-state index in [9.17, 15) is 9.18 Å². The lowest BCUT2D eigenvalue weighted by Gasteiger charge is -2.20. The summed E-state index contributed by atoms with van der Waals surface area (Å²) in [5.74, 6) is 1.79. The molecule has 0 spiro atoms. The fourth-order valence-electron chi connectivity index (χ4n) is 3.93. The van der Waals surface area contributed by atoms with Crippen molar-refractivity contribution < 1.29 is 18.7 Å². The smallest absolute Gasteiger partial charge is 0.316 e. The summed E-state index contributed by atoms with van der Waals surface area (Å²) in [7, 11) is 0. The number of hydrogen-bond donors (Lipinski definition) is 0. The Balaban J connectivity index is 1.42. The number of benzene rings is 1. The number of nitrogens with zero attached hydrogens (tertiary/aromatic N) is 2. The average molecular weight is 471 g/mol. The number of pyridine rings is 1. The maximum atomic E-state index is 12.4. The molecule has 1 atom stereocenters. The number of aromatic nitrogens is 1. The summed E-state index contributed by atoms with van der Waals surface area (Å²) in [6.07, 6.45) is 5.67. The summed E-state index contributed by atoms with van der Waals surface area (Å²) in [6, 6.07) is 9.75. The number of likely N-dealkylation sites (tertiary alicyclic amines) is 1. The van der Waals surface area contributed by atoms with Crippen molar-refractivity contribution in [1.29, 1.82) is 0 Å². The van der Waals surface area contributed by atoms with Gasteiger partial charge in [-0.3, -0.25) is 14.1 Å². The van der Waals surface area contributed by atoms with Gasteiger partial charge in [-0.25, -0.2) is 4.98 Å². The molecule has 1 aromatic heterocycles. The van der Waals surface area contributed by atoms with Crippen molar-refractivity contribution in [2.75, 3.05) is 32.1 Å². The van der Waals surface area contributed by atoms with Gasteiger partial charge in [0.15, 0.2) is 0 Å². The molecule has 5 nitrogen and oxygen atoms in total. The maximum absolute atomic E-state index is 12.4. The lowest BCUT2D eigenvalue weighted by Crippen LogP contribution is -2.26. The topological polar surface area (TPSA) is 51.7 Å². The summed E-state index contributed by atoms with van der Waals surface area (Å²) < 4.78 is 24.0. The first kappa shape index (κ1) is 23.8. The lowest BCUT2D eigenvalue weighted by atomic mass is 9.97. The van der Waals surface area contributed by atoms with Crippen LogP contribution in [-0.2, 0) is 4.79 Å². The molecule has 1 aromatic carbocycles. The molecular formula is C26H31FN2O3S. The quantitative estimate of drug-likeness (QED) is 0.400. The molecule has 1 fully saturated rings. The number of thioether (sulfide) groups is 1. The second-order valence-electron chi connectivity index (χ2n) is 9.48. The number of rotatable bonds is 7. The van der Waals surface area contributed by atoms with Crippen LogP contribution in [0.4, 0.5) is 4.39 Å². The Morgan fingerprint density at radius 2 is 2.12 bits per heavy atom. The first-order valence-corrected chi connectivity index (χ1v) is 12.4. The molecule has 1 saturated heterocycles. The van der Waals surface area contributed by atoms with Crippen LogP contribution >= 0.6 is 11.8 Å². The minimum atomic E-state index is -0.547. The predicted molar refractivity (Wildman–Crippen MR) is 130 cm³/mol. The van der Waals surface area contributed by atoms with Crippen LogP contribution < -0.4 is 9.47 Å².